The molecule has 31 heavy (non-hydrogen) atoms. The normalized spacial score (nSPS) is 11.1. The van der Waals surface area contributed by atoms with E-state index in [0.717, 1.165) is 41.2 Å². The average molecular weight is 442 g/mol. The Labute approximate surface area is 188 Å². The van der Waals surface area contributed by atoms with Crippen LogP contribution >= 0.6 is 11.3 Å². The van der Waals surface area contributed by atoms with Gasteiger partial charge in [-0.15, -0.1) is 0 Å². The SMILES string of the molecule is CCN(CC)CCN(C(=O)CCc1ccccc1)c1nc2c(OC)ccc(OC)c2s1. The van der Waals surface area contributed by atoms with Crippen molar-refractivity contribution in [2.24, 2.45) is 0 Å². The molecule has 7 heteroatoms. The van der Waals surface area contributed by atoms with Crippen molar-refractivity contribution in [3.8, 4) is 11.5 Å². The highest BCUT2D eigenvalue weighted by atomic mass is 32.1. The number of fused-ring (bicyclic) bond motifs is 1. The minimum Gasteiger partial charge on any atom is -0.495 e. The van der Waals surface area contributed by atoms with E-state index in [-0.39, 0.29) is 5.91 Å². The van der Waals surface area contributed by atoms with E-state index in [1.165, 1.54) is 11.3 Å². The maximum absolute atomic E-state index is 13.3. The van der Waals surface area contributed by atoms with Crippen LogP contribution < -0.4 is 14.4 Å². The molecule has 1 amide bonds. The van der Waals surface area contributed by atoms with Crippen molar-refractivity contribution in [3.05, 3.63) is 48.0 Å². The highest BCUT2D eigenvalue weighted by molar-refractivity contribution is 7.22. The number of ether oxygens (including phenoxy) is 2. The Morgan fingerprint density at radius 1 is 0.968 bits per heavy atom. The molecule has 0 spiro atoms. The van der Waals surface area contributed by atoms with Gasteiger partial charge in [-0.05, 0) is 37.2 Å². The average Bonchev–Trinajstić information content (AvgIpc) is 3.25. The van der Waals surface area contributed by atoms with E-state index in [1.807, 2.05) is 35.2 Å². The Morgan fingerprint density at radius 3 is 2.29 bits per heavy atom. The maximum Gasteiger partial charge on any atom is 0.229 e. The standard InChI is InChI=1S/C24H31N3O3S/c1-5-26(6-2)16-17-27(21(28)15-12-18-10-8-7-9-11-18)24-25-22-19(29-3)13-14-20(30-4)23(22)31-24/h7-11,13-14H,5-6,12,15-17H2,1-4H3. The van der Waals surface area contributed by atoms with Crippen molar-refractivity contribution in [3.63, 3.8) is 0 Å². The largest absolute Gasteiger partial charge is 0.495 e. The molecule has 0 atom stereocenters. The summed E-state index contributed by atoms with van der Waals surface area (Å²) in [5, 5.41) is 0.683. The summed E-state index contributed by atoms with van der Waals surface area (Å²) in [6, 6.07) is 13.8. The van der Waals surface area contributed by atoms with Crippen LogP contribution in [0.5, 0.6) is 11.5 Å². The van der Waals surface area contributed by atoms with Crippen LogP contribution in [0.2, 0.25) is 0 Å². The number of likely N-dealkylation sites (N-methyl/N-ethyl adjacent to an activating group) is 1. The molecule has 2 aromatic carbocycles. The Morgan fingerprint density at radius 2 is 1.65 bits per heavy atom. The fraction of sp³-hybridized carbons (Fsp3) is 0.417. The van der Waals surface area contributed by atoms with Gasteiger partial charge in [0.15, 0.2) is 5.13 Å². The lowest BCUT2D eigenvalue weighted by molar-refractivity contribution is -0.118. The molecule has 0 aliphatic carbocycles. The third-order valence-electron chi connectivity index (χ3n) is 5.44. The summed E-state index contributed by atoms with van der Waals surface area (Å²) in [6.07, 6.45) is 1.14. The van der Waals surface area contributed by atoms with Gasteiger partial charge in [0.25, 0.3) is 0 Å². The highest BCUT2D eigenvalue weighted by Crippen LogP contribution is 2.40. The first-order valence-electron chi connectivity index (χ1n) is 10.7. The van der Waals surface area contributed by atoms with Gasteiger partial charge in [0.05, 0.1) is 14.2 Å². The van der Waals surface area contributed by atoms with Crippen molar-refractivity contribution >= 4 is 32.6 Å². The number of thiazole rings is 1. The number of methoxy groups -OCH3 is 2. The van der Waals surface area contributed by atoms with E-state index >= 15 is 0 Å². The zero-order chi connectivity index (χ0) is 22.2. The van der Waals surface area contributed by atoms with E-state index < -0.39 is 0 Å². The Hall–Kier alpha value is -2.64. The van der Waals surface area contributed by atoms with Crippen LogP contribution in [0.4, 0.5) is 5.13 Å². The summed E-state index contributed by atoms with van der Waals surface area (Å²) in [5.41, 5.74) is 1.89. The van der Waals surface area contributed by atoms with Gasteiger partial charge in [-0.3, -0.25) is 9.69 Å². The second-order valence-corrected chi connectivity index (χ2v) is 8.18. The third-order valence-corrected chi connectivity index (χ3v) is 6.53. The molecule has 3 rings (SSSR count). The van der Waals surface area contributed by atoms with Gasteiger partial charge in [0.2, 0.25) is 5.91 Å². The molecule has 1 heterocycles. The number of nitrogens with zero attached hydrogens (tertiary/aromatic N) is 3. The van der Waals surface area contributed by atoms with Gasteiger partial charge < -0.3 is 14.4 Å². The number of carbonyl (C=O) groups excluding carboxylic acids is 1. The lowest BCUT2D eigenvalue weighted by Crippen LogP contribution is -2.39. The molecule has 3 aromatic rings. The molecule has 0 fully saturated rings. The quantitative estimate of drug-likeness (QED) is 0.435. The second-order valence-electron chi connectivity index (χ2n) is 7.20. The third kappa shape index (κ3) is 5.54. The van der Waals surface area contributed by atoms with Crippen LogP contribution in [0.1, 0.15) is 25.8 Å². The van der Waals surface area contributed by atoms with Crippen molar-refractivity contribution in [1.82, 2.24) is 9.88 Å². The summed E-state index contributed by atoms with van der Waals surface area (Å²) in [7, 11) is 3.27. The number of aryl methyl sites for hydroxylation is 1. The Kier molecular flexibility index (Phi) is 8.26. The van der Waals surface area contributed by atoms with Crippen molar-refractivity contribution in [1.29, 1.82) is 0 Å². The van der Waals surface area contributed by atoms with Crippen LogP contribution in [-0.2, 0) is 11.2 Å². The van der Waals surface area contributed by atoms with Crippen LogP contribution in [-0.4, -0.2) is 56.2 Å². The summed E-state index contributed by atoms with van der Waals surface area (Å²) >= 11 is 1.47. The van der Waals surface area contributed by atoms with E-state index in [1.54, 1.807) is 14.2 Å². The zero-order valence-corrected chi connectivity index (χ0v) is 19.6. The molecule has 0 saturated carbocycles. The predicted molar refractivity (Wildman–Crippen MR) is 128 cm³/mol. The molecular formula is C24H31N3O3S. The molecule has 6 nitrogen and oxygen atoms in total. The lowest BCUT2D eigenvalue weighted by atomic mass is 10.1. The summed E-state index contributed by atoms with van der Waals surface area (Å²) in [5.74, 6) is 1.49. The monoisotopic (exact) mass is 441 g/mol. The van der Waals surface area contributed by atoms with Gasteiger partial charge >= 0.3 is 0 Å². The molecule has 0 bridgehead atoms. The maximum atomic E-state index is 13.3. The van der Waals surface area contributed by atoms with Gasteiger partial charge in [0.1, 0.15) is 21.7 Å². The Bertz CT molecular complexity index is 945. The highest BCUT2D eigenvalue weighted by Gasteiger charge is 2.23. The summed E-state index contributed by atoms with van der Waals surface area (Å²) < 4.78 is 11.9. The smallest absolute Gasteiger partial charge is 0.229 e. The second kappa shape index (κ2) is 11.1. The summed E-state index contributed by atoms with van der Waals surface area (Å²) in [6.45, 7) is 7.57. The molecule has 166 valence electrons. The van der Waals surface area contributed by atoms with Crippen LogP contribution in [0, 0.1) is 0 Å². The number of benzene rings is 2. The van der Waals surface area contributed by atoms with Crippen molar-refractivity contribution < 1.29 is 14.3 Å². The lowest BCUT2D eigenvalue weighted by Gasteiger charge is -2.24. The van der Waals surface area contributed by atoms with Crippen LogP contribution in [0.25, 0.3) is 10.2 Å². The predicted octanol–water partition coefficient (Wildman–Crippen LogP) is 4.62. The molecule has 0 saturated heterocycles. The number of hydrogen-bond donors (Lipinski definition) is 0. The number of hydrogen-bond acceptors (Lipinski definition) is 6. The van der Waals surface area contributed by atoms with Crippen molar-refractivity contribution in [2.45, 2.75) is 26.7 Å². The first-order chi connectivity index (χ1) is 15.1. The van der Waals surface area contributed by atoms with Crippen molar-refractivity contribution in [2.75, 3.05) is 45.3 Å². The zero-order valence-electron chi connectivity index (χ0n) is 18.8. The molecule has 0 aliphatic rings. The van der Waals surface area contributed by atoms with Gasteiger partial charge in [-0.1, -0.05) is 55.5 Å². The molecule has 0 aliphatic heterocycles. The summed E-state index contributed by atoms with van der Waals surface area (Å²) in [4.78, 5) is 22.2. The van der Waals surface area contributed by atoms with E-state index in [4.69, 9.17) is 14.5 Å². The van der Waals surface area contributed by atoms with Crippen LogP contribution in [0.3, 0.4) is 0 Å². The number of rotatable bonds is 11. The molecule has 0 radical (unpaired) electrons. The fourth-order valence-electron chi connectivity index (χ4n) is 3.53. The van der Waals surface area contributed by atoms with E-state index in [0.29, 0.717) is 30.3 Å². The minimum atomic E-state index is 0.0769. The van der Waals surface area contributed by atoms with Crippen LogP contribution in [0.15, 0.2) is 42.5 Å². The first kappa shape index (κ1) is 23.0. The Balaban J connectivity index is 1.90. The van der Waals surface area contributed by atoms with E-state index in [2.05, 4.69) is 30.9 Å². The fourth-order valence-corrected chi connectivity index (χ4v) is 4.65. The first-order valence-corrected chi connectivity index (χ1v) is 11.5. The minimum absolute atomic E-state index is 0.0769. The van der Waals surface area contributed by atoms with Gasteiger partial charge in [-0.25, -0.2) is 4.98 Å². The van der Waals surface area contributed by atoms with E-state index in [9.17, 15) is 4.79 Å². The number of amides is 1. The number of carbonyl (C=O) groups is 1. The molecular weight excluding hydrogens is 410 g/mol. The number of anilines is 1. The molecule has 0 unspecified atom stereocenters. The molecule has 1 aromatic heterocycles. The topological polar surface area (TPSA) is 54.9 Å². The number of aromatic nitrogens is 1. The molecule has 0 N–H and O–H groups in total. The van der Waals surface area contributed by atoms with Gasteiger partial charge in [0, 0.05) is 19.5 Å². The van der Waals surface area contributed by atoms with Gasteiger partial charge in [-0.2, -0.15) is 0 Å².